The fourth-order valence-corrected chi connectivity index (χ4v) is 3.82. The van der Waals surface area contributed by atoms with Crippen LogP contribution in [0.3, 0.4) is 0 Å². The molecule has 0 aromatic heterocycles. The zero-order valence-corrected chi connectivity index (χ0v) is 18.5. The molecule has 0 radical (unpaired) electrons. The third-order valence-corrected chi connectivity index (χ3v) is 5.67. The second-order valence-electron chi connectivity index (χ2n) is 8.05. The van der Waals surface area contributed by atoms with Crippen molar-refractivity contribution >= 4 is 17.5 Å². The molecule has 0 bridgehead atoms. The molecule has 176 valence electrons. The van der Waals surface area contributed by atoms with Crippen molar-refractivity contribution in [2.75, 3.05) is 11.9 Å². The highest BCUT2D eigenvalue weighted by Gasteiger charge is 2.30. The molecule has 3 aromatic rings. The largest absolute Gasteiger partial charge is 0.480 e. The Bertz CT molecular complexity index is 1210. The van der Waals surface area contributed by atoms with Crippen LogP contribution < -0.4 is 10.1 Å². The lowest BCUT2D eigenvalue weighted by molar-refractivity contribution is -0.138. The van der Waals surface area contributed by atoms with E-state index in [9.17, 15) is 22.8 Å². The number of carbonyl (C=O) groups excluding carboxylic acids is 2. The van der Waals surface area contributed by atoms with E-state index in [2.05, 4.69) is 5.32 Å². The van der Waals surface area contributed by atoms with Crippen molar-refractivity contribution in [3.8, 4) is 5.75 Å². The first kappa shape index (κ1) is 23.4. The molecule has 0 saturated heterocycles. The summed E-state index contributed by atoms with van der Waals surface area (Å²) in [5, 5.41) is 2.61. The Balaban J connectivity index is 1.54. The van der Waals surface area contributed by atoms with E-state index in [-0.39, 0.29) is 23.8 Å². The first-order chi connectivity index (χ1) is 16.3. The molecule has 0 aliphatic carbocycles. The minimum atomic E-state index is -0.959. The Morgan fingerprint density at radius 3 is 2.47 bits per heavy atom. The van der Waals surface area contributed by atoms with Gasteiger partial charge in [-0.2, -0.15) is 0 Å². The number of nitrogens with one attached hydrogen (secondary N) is 1. The van der Waals surface area contributed by atoms with Crippen LogP contribution in [0.4, 0.5) is 18.9 Å². The highest BCUT2D eigenvalue weighted by atomic mass is 19.1. The smallest absolute Gasteiger partial charge is 0.263 e. The fourth-order valence-electron chi connectivity index (χ4n) is 3.82. The summed E-state index contributed by atoms with van der Waals surface area (Å²) in [6.45, 7) is 2.51. The molecule has 2 amide bonds. The minimum Gasteiger partial charge on any atom is -0.480 e. The molecular formula is C26H23F3N2O3. The SMILES string of the molecule is CC[C@@H]1Oc2ccc(NC(=O)c3ccc(F)cc3F)cc2CN(CCc2ccc(F)cc2)C1=O. The normalized spacial score (nSPS) is 15.4. The Morgan fingerprint density at radius 2 is 1.76 bits per heavy atom. The number of hydrogen-bond donors (Lipinski definition) is 1. The highest BCUT2D eigenvalue weighted by molar-refractivity contribution is 6.04. The first-order valence-electron chi connectivity index (χ1n) is 10.9. The van der Waals surface area contributed by atoms with Crippen LogP contribution in [0.5, 0.6) is 5.75 Å². The van der Waals surface area contributed by atoms with Crippen molar-refractivity contribution in [1.82, 2.24) is 4.90 Å². The topological polar surface area (TPSA) is 58.6 Å². The first-order valence-corrected chi connectivity index (χ1v) is 10.9. The average molecular weight is 468 g/mol. The van der Waals surface area contributed by atoms with Crippen molar-refractivity contribution in [3.63, 3.8) is 0 Å². The van der Waals surface area contributed by atoms with Crippen LogP contribution in [0.1, 0.15) is 34.8 Å². The number of fused-ring (bicyclic) bond motifs is 1. The van der Waals surface area contributed by atoms with Crippen molar-refractivity contribution in [2.45, 2.75) is 32.4 Å². The maximum Gasteiger partial charge on any atom is 0.263 e. The average Bonchev–Trinajstić information content (AvgIpc) is 2.94. The molecule has 0 saturated carbocycles. The monoisotopic (exact) mass is 468 g/mol. The summed E-state index contributed by atoms with van der Waals surface area (Å²) in [7, 11) is 0. The highest BCUT2D eigenvalue weighted by Crippen LogP contribution is 2.30. The van der Waals surface area contributed by atoms with Crippen LogP contribution in [-0.4, -0.2) is 29.4 Å². The molecule has 8 heteroatoms. The summed E-state index contributed by atoms with van der Waals surface area (Å²) in [6.07, 6.45) is 0.370. The molecule has 5 nitrogen and oxygen atoms in total. The summed E-state index contributed by atoms with van der Waals surface area (Å²) >= 11 is 0. The van der Waals surface area contributed by atoms with E-state index in [0.717, 1.165) is 17.7 Å². The molecule has 1 aliphatic heterocycles. The van der Waals surface area contributed by atoms with Crippen LogP contribution in [0.2, 0.25) is 0 Å². The predicted molar refractivity (Wildman–Crippen MR) is 121 cm³/mol. The molecular weight excluding hydrogens is 445 g/mol. The number of ether oxygens (including phenoxy) is 1. The summed E-state index contributed by atoms with van der Waals surface area (Å²) in [6, 6.07) is 13.8. The maximum atomic E-state index is 14.0. The van der Waals surface area contributed by atoms with Gasteiger partial charge in [0.25, 0.3) is 11.8 Å². The van der Waals surface area contributed by atoms with Gasteiger partial charge in [-0.25, -0.2) is 13.2 Å². The van der Waals surface area contributed by atoms with Crippen molar-refractivity contribution in [1.29, 1.82) is 0 Å². The van der Waals surface area contributed by atoms with E-state index in [4.69, 9.17) is 4.74 Å². The number of anilines is 1. The number of amides is 2. The van der Waals surface area contributed by atoms with E-state index in [0.29, 0.717) is 42.5 Å². The molecule has 0 unspecified atom stereocenters. The molecule has 1 aliphatic rings. The maximum absolute atomic E-state index is 14.0. The molecule has 1 atom stereocenters. The molecule has 3 aromatic carbocycles. The second-order valence-corrected chi connectivity index (χ2v) is 8.05. The summed E-state index contributed by atoms with van der Waals surface area (Å²) in [4.78, 5) is 27.2. The zero-order chi connectivity index (χ0) is 24.2. The number of halogens is 3. The van der Waals surface area contributed by atoms with Gasteiger partial charge >= 0.3 is 0 Å². The fraction of sp³-hybridized carbons (Fsp3) is 0.231. The van der Waals surface area contributed by atoms with Gasteiger partial charge in [-0.1, -0.05) is 19.1 Å². The number of nitrogens with zero attached hydrogens (tertiary/aromatic N) is 1. The lowest BCUT2D eigenvalue weighted by Crippen LogP contribution is -2.40. The van der Waals surface area contributed by atoms with E-state index in [1.54, 1.807) is 35.2 Å². The van der Waals surface area contributed by atoms with Crippen LogP contribution in [0.15, 0.2) is 60.7 Å². The Kier molecular flexibility index (Phi) is 6.86. The molecule has 34 heavy (non-hydrogen) atoms. The Morgan fingerprint density at radius 1 is 1.03 bits per heavy atom. The number of rotatable bonds is 6. The number of carbonyl (C=O) groups is 2. The minimum absolute atomic E-state index is 0.153. The lowest BCUT2D eigenvalue weighted by Gasteiger charge is -2.23. The van der Waals surface area contributed by atoms with E-state index >= 15 is 0 Å². The van der Waals surface area contributed by atoms with Gasteiger partial charge in [0.1, 0.15) is 23.2 Å². The van der Waals surface area contributed by atoms with Gasteiger partial charge in [0.05, 0.1) is 5.56 Å². The van der Waals surface area contributed by atoms with Crippen molar-refractivity contribution < 1.29 is 27.5 Å². The number of benzene rings is 3. The van der Waals surface area contributed by atoms with Gasteiger partial charge in [-0.15, -0.1) is 0 Å². The lowest BCUT2D eigenvalue weighted by atomic mass is 10.1. The molecule has 0 spiro atoms. The third-order valence-electron chi connectivity index (χ3n) is 5.67. The van der Waals surface area contributed by atoms with Crippen molar-refractivity contribution in [3.05, 3.63) is 94.8 Å². The van der Waals surface area contributed by atoms with Gasteiger partial charge < -0.3 is 15.0 Å². The summed E-state index contributed by atoms with van der Waals surface area (Å²) in [5.74, 6) is -2.40. The summed E-state index contributed by atoms with van der Waals surface area (Å²) < 4.78 is 46.2. The van der Waals surface area contributed by atoms with Crippen molar-refractivity contribution in [2.24, 2.45) is 0 Å². The quantitative estimate of drug-likeness (QED) is 0.548. The Labute approximate surface area is 195 Å². The van der Waals surface area contributed by atoms with Crippen LogP contribution in [0, 0.1) is 17.5 Å². The molecule has 4 rings (SSSR count). The standard InChI is InChI=1S/C26H23F3N2O3/c1-2-23-26(33)31(12-11-16-3-5-18(27)6-4-16)15-17-13-20(8-10-24(17)34-23)30-25(32)21-9-7-19(28)14-22(21)29/h3-10,13-14,23H,2,11-12,15H2,1H3,(H,30,32)/t23-/m0/s1. The summed E-state index contributed by atoms with van der Waals surface area (Å²) in [5.41, 5.74) is 1.68. The van der Waals surface area contributed by atoms with Gasteiger partial charge in [-0.3, -0.25) is 9.59 Å². The van der Waals surface area contributed by atoms with E-state index < -0.39 is 23.6 Å². The predicted octanol–water partition coefficient (Wildman–Crippen LogP) is 5.10. The molecule has 1 heterocycles. The zero-order valence-electron chi connectivity index (χ0n) is 18.5. The van der Waals surface area contributed by atoms with Crippen LogP contribution >= 0.6 is 0 Å². The van der Waals surface area contributed by atoms with Gasteiger partial charge in [0, 0.05) is 30.4 Å². The van der Waals surface area contributed by atoms with E-state index in [1.807, 2.05) is 6.92 Å². The van der Waals surface area contributed by atoms with E-state index in [1.165, 1.54) is 12.1 Å². The molecule has 0 fully saturated rings. The number of hydrogen-bond acceptors (Lipinski definition) is 3. The van der Waals surface area contributed by atoms with Crippen LogP contribution in [0.25, 0.3) is 0 Å². The molecule has 1 N–H and O–H groups in total. The van der Waals surface area contributed by atoms with Crippen LogP contribution in [-0.2, 0) is 17.8 Å². The van der Waals surface area contributed by atoms with Gasteiger partial charge in [-0.05, 0) is 60.9 Å². The second kappa shape index (κ2) is 9.99. The van der Waals surface area contributed by atoms with Gasteiger partial charge in [0.2, 0.25) is 0 Å². The Hall–Kier alpha value is -3.81. The third kappa shape index (κ3) is 5.22. The van der Waals surface area contributed by atoms with Gasteiger partial charge in [0.15, 0.2) is 6.10 Å².